The Morgan fingerprint density at radius 2 is 1.61 bits per heavy atom. The molecule has 0 aliphatic carbocycles. The number of hydrogen-bond acceptors (Lipinski definition) is 3. The number of rotatable bonds is 7. The van der Waals surface area contributed by atoms with Crippen LogP contribution in [0.1, 0.15) is 51.9 Å². The fraction of sp³-hybridized carbons (Fsp3) is 0.818. The first-order valence-electron chi connectivity index (χ1n) is 5.79. The Morgan fingerprint density at radius 3 is 2.17 bits per heavy atom. The first-order valence-corrected chi connectivity index (χ1v) is 7.19. The summed E-state index contributed by atoms with van der Waals surface area (Å²) in [6, 6.07) is 0. The highest BCUT2D eigenvalue weighted by Crippen LogP contribution is 2.24. The predicted octanol–water partition coefficient (Wildman–Crippen LogP) is 3.56. The molecule has 0 N–H and O–H groups in total. The van der Waals surface area contributed by atoms with Crippen LogP contribution in [0.3, 0.4) is 0 Å². The van der Waals surface area contributed by atoms with Gasteiger partial charge in [-0.25, -0.2) is 0 Å². The van der Waals surface area contributed by atoms with Gasteiger partial charge >= 0.3 is 15.6 Å². The molecule has 18 heavy (non-hydrogen) atoms. The van der Waals surface area contributed by atoms with Crippen molar-refractivity contribution >= 4 is 10.1 Å². The Kier molecular flexibility index (Phi) is 7.83. The second kappa shape index (κ2) is 8.25. The van der Waals surface area contributed by atoms with E-state index in [1.165, 1.54) is 6.42 Å². The van der Waals surface area contributed by atoms with Gasteiger partial charge in [-0.05, 0) is 6.42 Å². The lowest BCUT2D eigenvalue weighted by molar-refractivity contribution is -0.0509. The standard InChI is InChI=1S/C11H17F3O3S/c1-2-3-4-5-6-7-8-9-10-17-18(15,16)11(12,13)14/h2-8H2,1H3. The van der Waals surface area contributed by atoms with E-state index in [0.29, 0.717) is 6.42 Å². The maximum Gasteiger partial charge on any atom is 0.535 e. The van der Waals surface area contributed by atoms with Crippen molar-refractivity contribution in [3.63, 3.8) is 0 Å². The molecule has 0 aromatic heterocycles. The van der Waals surface area contributed by atoms with Crippen LogP contribution >= 0.6 is 0 Å². The van der Waals surface area contributed by atoms with E-state index in [0.717, 1.165) is 32.1 Å². The van der Waals surface area contributed by atoms with Gasteiger partial charge in [0.15, 0.2) is 0 Å². The molecule has 0 fully saturated rings. The molecule has 0 saturated carbocycles. The zero-order valence-corrected chi connectivity index (χ0v) is 11.0. The minimum absolute atomic E-state index is 0.333. The molecule has 0 unspecified atom stereocenters. The minimum atomic E-state index is -5.58. The molecule has 0 rings (SSSR count). The van der Waals surface area contributed by atoms with Crippen LogP contribution in [0, 0.1) is 12.0 Å². The van der Waals surface area contributed by atoms with Crippen molar-refractivity contribution in [1.82, 2.24) is 0 Å². The molecule has 0 aromatic carbocycles. The third-order valence-electron chi connectivity index (χ3n) is 2.16. The fourth-order valence-electron chi connectivity index (χ4n) is 1.18. The van der Waals surface area contributed by atoms with Crippen LogP contribution in [0.25, 0.3) is 0 Å². The predicted molar refractivity (Wildman–Crippen MR) is 61.8 cm³/mol. The van der Waals surface area contributed by atoms with Gasteiger partial charge in [0.05, 0.1) is 0 Å². The Labute approximate surface area is 106 Å². The number of alkyl halides is 3. The highest BCUT2D eigenvalue weighted by Gasteiger charge is 2.48. The Hall–Kier alpha value is -0.900. The minimum Gasteiger partial charge on any atom is -0.321 e. The quantitative estimate of drug-likeness (QED) is 0.311. The Balaban J connectivity index is 3.75. The summed E-state index contributed by atoms with van der Waals surface area (Å²) >= 11 is 0. The highest BCUT2D eigenvalue weighted by atomic mass is 32.2. The molecule has 0 heterocycles. The number of unbranched alkanes of at least 4 members (excludes halogenated alkanes) is 6. The molecule has 0 aromatic rings. The third-order valence-corrected chi connectivity index (χ3v) is 3.03. The second-order valence-corrected chi connectivity index (χ2v) is 5.32. The summed E-state index contributed by atoms with van der Waals surface area (Å²) in [6.45, 7) is 2.10. The van der Waals surface area contributed by atoms with Gasteiger partial charge < -0.3 is 4.18 Å². The molecular weight excluding hydrogens is 269 g/mol. The monoisotopic (exact) mass is 286 g/mol. The molecular formula is C11H17F3O3S. The molecule has 0 aliphatic heterocycles. The molecule has 0 radical (unpaired) electrons. The molecule has 3 nitrogen and oxygen atoms in total. The summed E-state index contributed by atoms with van der Waals surface area (Å²) in [4.78, 5) is 0. The first kappa shape index (κ1) is 17.1. The SMILES string of the molecule is CCCCCCCCC#COS(=O)(=O)C(F)(F)F. The van der Waals surface area contributed by atoms with E-state index in [4.69, 9.17) is 0 Å². The van der Waals surface area contributed by atoms with Crippen LogP contribution in [-0.2, 0) is 14.3 Å². The van der Waals surface area contributed by atoms with Crippen LogP contribution in [-0.4, -0.2) is 13.9 Å². The molecule has 0 amide bonds. The van der Waals surface area contributed by atoms with Gasteiger partial charge in [-0.3, -0.25) is 0 Å². The van der Waals surface area contributed by atoms with Crippen LogP contribution in [0.15, 0.2) is 0 Å². The maximum absolute atomic E-state index is 11.8. The van der Waals surface area contributed by atoms with E-state index in [-0.39, 0.29) is 0 Å². The van der Waals surface area contributed by atoms with Crippen LogP contribution in [0.5, 0.6) is 0 Å². The zero-order chi connectivity index (χ0) is 14.1. The van der Waals surface area contributed by atoms with Crippen LogP contribution in [0.2, 0.25) is 0 Å². The van der Waals surface area contributed by atoms with Crippen molar-refractivity contribution in [3.05, 3.63) is 0 Å². The van der Waals surface area contributed by atoms with E-state index in [1.807, 2.05) is 0 Å². The lowest BCUT2D eigenvalue weighted by Gasteiger charge is -2.02. The Bertz CT molecular complexity index is 377. The lowest BCUT2D eigenvalue weighted by atomic mass is 10.1. The van der Waals surface area contributed by atoms with Crippen LogP contribution < -0.4 is 0 Å². The van der Waals surface area contributed by atoms with E-state index >= 15 is 0 Å². The number of halogens is 3. The van der Waals surface area contributed by atoms with Crippen molar-refractivity contribution in [2.24, 2.45) is 0 Å². The summed E-state index contributed by atoms with van der Waals surface area (Å²) in [5.74, 6) is 2.25. The van der Waals surface area contributed by atoms with Crippen molar-refractivity contribution in [2.75, 3.05) is 0 Å². The van der Waals surface area contributed by atoms with Gasteiger partial charge in [0, 0.05) is 6.42 Å². The van der Waals surface area contributed by atoms with Crippen molar-refractivity contribution < 1.29 is 25.8 Å². The fourth-order valence-corrected chi connectivity index (χ4v) is 1.44. The van der Waals surface area contributed by atoms with Crippen molar-refractivity contribution in [2.45, 2.75) is 57.4 Å². The van der Waals surface area contributed by atoms with Gasteiger partial charge in [0.25, 0.3) is 0 Å². The molecule has 0 atom stereocenters. The maximum atomic E-state index is 11.8. The lowest BCUT2D eigenvalue weighted by Crippen LogP contribution is -2.23. The molecule has 0 spiro atoms. The molecule has 106 valence electrons. The van der Waals surface area contributed by atoms with Crippen molar-refractivity contribution in [3.8, 4) is 12.0 Å². The smallest absolute Gasteiger partial charge is 0.321 e. The Morgan fingerprint density at radius 1 is 1.06 bits per heavy atom. The number of hydrogen-bond donors (Lipinski definition) is 0. The molecule has 0 bridgehead atoms. The largest absolute Gasteiger partial charge is 0.535 e. The van der Waals surface area contributed by atoms with Gasteiger partial charge in [-0.1, -0.05) is 44.9 Å². The van der Waals surface area contributed by atoms with Gasteiger partial charge in [-0.2, -0.15) is 21.6 Å². The third kappa shape index (κ3) is 7.43. The normalized spacial score (nSPS) is 11.8. The van der Waals surface area contributed by atoms with E-state index in [1.54, 1.807) is 6.11 Å². The van der Waals surface area contributed by atoms with Gasteiger partial charge in [0.2, 0.25) is 0 Å². The van der Waals surface area contributed by atoms with Gasteiger partial charge in [-0.15, -0.1) is 0 Å². The summed E-state index contributed by atoms with van der Waals surface area (Å²) in [5.41, 5.74) is -5.41. The molecule has 0 saturated heterocycles. The van der Waals surface area contributed by atoms with E-state index in [9.17, 15) is 21.6 Å². The zero-order valence-electron chi connectivity index (χ0n) is 10.2. The van der Waals surface area contributed by atoms with Gasteiger partial charge in [0.1, 0.15) is 6.11 Å². The molecule has 0 aliphatic rings. The van der Waals surface area contributed by atoms with Crippen molar-refractivity contribution in [1.29, 1.82) is 0 Å². The molecule has 7 heteroatoms. The summed E-state index contributed by atoms with van der Waals surface area (Å²) in [6.07, 6.45) is 8.06. The second-order valence-electron chi connectivity index (χ2n) is 3.78. The highest BCUT2D eigenvalue weighted by molar-refractivity contribution is 7.87. The average molecular weight is 286 g/mol. The summed E-state index contributed by atoms with van der Waals surface area (Å²) in [5, 5.41) is 0. The first-order chi connectivity index (χ1) is 8.31. The van der Waals surface area contributed by atoms with E-state index in [2.05, 4.69) is 17.0 Å². The van der Waals surface area contributed by atoms with E-state index < -0.39 is 15.6 Å². The van der Waals surface area contributed by atoms with Crippen LogP contribution in [0.4, 0.5) is 13.2 Å². The summed E-state index contributed by atoms with van der Waals surface area (Å²) < 4.78 is 59.7. The topological polar surface area (TPSA) is 43.4 Å². The summed E-state index contributed by atoms with van der Waals surface area (Å²) in [7, 11) is -5.58. The average Bonchev–Trinajstić information content (AvgIpc) is 2.25.